The van der Waals surface area contributed by atoms with Crippen LogP contribution in [0.1, 0.15) is 17.0 Å². The molecular formula is C12H13FN2O. The van der Waals surface area contributed by atoms with Gasteiger partial charge in [0.15, 0.2) is 0 Å². The van der Waals surface area contributed by atoms with E-state index >= 15 is 0 Å². The molecular weight excluding hydrogens is 207 g/mol. The fraction of sp³-hybridized carbons (Fsp3) is 0.250. The van der Waals surface area contributed by atoms with Crippen LogP contribution in [-0.4, -0.2) is 14.9 Å². The minimum absolute atomic E-state index is 0.203. The zero-order valence-electron chi connectivity index (χ0n) is 9.24. The number of aryl methyl sites for hydroxylation is 2. The topological polar surface area (TPSA) is 38.0 Å². The Kier molecular flexibility index (Phi) is 2.75. The zero-order chi connectivity index (χ0) is 11.7. The summed E-state index contributed by atoms with van der Waals surface area (Å²) in [6.07, 6.45) is 0. The highest BCUT2D eigenvalue weighted by atomic mass is 19.1. The van der Waals surface area contributed by atoms with Gasteiger partial charge in [0, 0.05) is 11.3 Å². The normalized spacial score (nSPS) is 10.8. The van der Waals surface area contributed by atoms with Crippen molar-refractivity contribution in [3.63, 3.8) is 0 Å². The summed E-state index contributed by atoms with van der Waals surface area (Å²) in [5, 5.41) is 13.5. The van der Waals surface area contributed by atoms with Gasteiger partial charge in [-0.2, -0.15) is 5.10 Å². The van der Waals surface area contributed by atoms with Crippen molar-refractivity contribution < 1.29 is 9.50 Å². The second kappa shape index (κ2) is 4.06. The summed E-state index contributed by atoms with van der Waals surface area (Å²) in [7, 11) is 0. The lowest BCUT2D eigenvalue weighted by atomic mass is 10.2. The average Bonchev–Trinajstić information content (AvgIpc) is 2.57. The molecule has 1 aromatic heterocycles. The van der Waals surface area contributed by atoms with E-state index in [0.717, 1.165) is 17.1 Å². The van der Waals surface area contributed by atoms with Crippen LogP contribution in [-0.2, 0) is 6.61 Å². The lowest BCUT2D eigenvalue weighted by molar-refractivity contribution is 0.280. The molecule has 2 rings (SSSR count). The van der Waals surface area contributed by atoms with Gasteiger partial charge >= 0.3 is 0 Å². The molecule has 0 unspecified atom stereocenters. The van der Waals surface area contributed by atoms with Gasteiger partial charge in [-0.3, -0.25) is 0 Å². The average molecular weight is 220 g/mol. The minimum atomic E-state index is -0.352. The Labute approximate surface area is 93.2 Å². The third kappa shape index (κ3) is 1.84. The van der Waals surface area contributed by atoms with E-state index in [0.29, 0.717) is 5.56 Å². The molecule has 1 N–H and O–H groups in total. The molecule has 0 spiro atoms. The third-order valence-electron chi connectivity index (χ3n) is 2.45. The van der Waals surface area contributed by atoms with Gasteiger partial charge in [-0.15, -0.1) is 0 Å². The van der Waals surface area contributed by atoms with E-state index in [1.165, 1.54) is 12.1 Å². The predicted octanol–water partition coefficient (Wildman–Crippen LogP) is 2.12. The molecule has 0 aliphatic carbocycles. The molecule has 3 nitrogen and oxygen atoms in total. The molecule has 0 saturated carbocycles. The van der Waals surface area contributed by atoms with Crippen LogP contribution in [0.5, 0.6) is 0 Å². The molecule has 0 saturated heterocycles. The summed E-state index contributed by atoms with van der Waals surface area (Å²) in [5.74, 6) is -0.352. The van der Waals surface area contributed by atoms with Crippen LogP contribution in [0.2, 0.25) is 0 Å². The van der Waals surface area contributed by atoms with E-state index in [2.05, 4.69) is 5.10 Å². The molecule has 0 fully saturated rings. The highest BCUT2D eigenvalue weighted by molar-refractivity contribution is 5.41. The first-order chi connectivity index (χ1) is 7.61. The number of halogens is 1. The van der Waals surface area contributed by atoms with Crippen LogP contribution < -0.4 is 0 Å². The third-order valence-corrected chi connectivity index (χ3v) is 2.45. The van der Waals surface area contributed by atoms with E-state index in [4.69, 9.17) is 0 Å². The fourth-order valence-electron chi connectivity index (χ4n) is 1.76. The molecule has 0 amide bonds. The predicted molar refractivity (Wildman–Crippen MR) is 58.9 cm³/mol. The van der Waals surface area contributed by atoms with Crippen LogP contribution in [0, 0.1) is 19.7 Å². The van der Waals surface area contributed by atoms with Gasteiger partial charge in [0.1, 0.15) is 5.82 Å². The molecule has 2 aromatic rings. The number of nitrogens with zero attached hydrogens (tertiary/aromatic N) is 2. The van der Waals surface area contributed by atoms with Gasteiger partial charge < -0.3 is 5.11 Å². The zero-order valence-corrected chi connectivity index (χ0v) is 9.24. The monoisotopic (exact) mass is 220 g/mol. The van der Waals surface area contributed by atoms with Crippen LogP contribution >= 0.6 is 0 Å². The standard InChI is InChI=1S/C12H13FN2O/c1-8-5-9(2)15(14-8)12-4-3-11(13)6-10(12)7-16/h3-6,16H,7H2,1-2H3. The minimum Gasteiger partial charge on any atom is -0.392 e. The molecule has 0 atom stereocenters. The van der Waals surface area contributed by atoms with E-state index in [1.807, 2.05) is 19.9 Å². The summed E-state index contributed by atoms with van der Waals surface area (Å²) >= 11 is 0. The molecule has 0 radical (unpaired) electrons. The van der Waals surface area contributed by atoms with Crippen molar-refractivity contribution in [1.29, 1.82) is 0 Å². The molecule has 16 heavy (non-hydrogen) atoms. The van der Waals surface area contributed by atoms with Crippen molar-refractivity contribution in [1.82, 2.24) is 9.78 Å². The second-order valence-electron chi connectivity index (χ2n) is 3.77. The van der Waals surface area contributed by atoms with Crippen molar-refractivity contribution in [2.24, 2.45) is 0 Å². The smallest absolute Gasteiger partial charge is 0.123 e. The lowest BCUT2D eigenvalue weighted by Crippen LogP contribution is -2.04. The number of rotatable bonds is 2. The highest BCUT2D eigenvalue weighted by Gasteiger charge is 2.09. The molecule has 84 valence electrons. The first-order valence-electron chi connectivity index (χ1n) is 5.04. The number of aliphatic hydroxyl groups is 1. The van der Waals surface area contributed by atoms with Gasteiger partial charge in [0.2, 0.25) is 0 Å². The van der Waals surface area contributed by atoms with Crippen molar-refractivity contribution in [3.05, 3.63) is 47.0 Å². The summed E-state index contributed by atoms with van der Waals surface area (Å²) in [6, 6.07) is 6.25. The van der Waals surface area contributed by atoms with Gasteiger partial charge in [0.05, 0.1) is 18.0 Å². The Morgan fingerprint density at radius 3 is 2.62 bits per heavy atom. The quantitative estimate of drug-likeness (QED) is 0.841. The number of hydrogen-bond acceptors (Lipinski definition) is 2. The maximum Gasteiger partial charge on any atom is 0.123 e. The van der Waals surface area contributed by atoms with Gasteiger partial charge in [0.25, 0.3) is 0 Å². The maximum absolute atomic E-state index is 13.0. The molecule has 0 aliphatic rings. The Balaban J connectivity index is 2.59. The summed E-state index contributed by atoms with van der Waals surface area (Å²) in [5.41, 5.74) is 3.10. The van der Waals surface area contributed by atoms with E-state index < -0.39 is 0 Å². The number of aromatic nitrogens is 2. The van der Waals surface area contributed by atoms with E-state index in [9.17, 15) is 9.50 Å². The summed E-state index contributed by atoms with van der Waals surface area (Å²) < 4.78 is 14.7. The maximum atomic E-state index is 13.0. The van der Waals surface area contributed by atoms with Crippen molar-refractivity contribution in [2.75, 3.05) is 0 Å². The van der Waals surface area contributed by atoms with Gasteiger partial charge in [-0.1, -0.05) is 0 Å². The second-order valence-corrected chi connectivity index (χ2v) is 3.77. The fourth-order valence-corrected chi connectivity index (χ4v) is 1.76. The summed E-state index contributed by atoms with van der Waals surface area (Å²) in [4.78, 5) is 0. The first-order valence-corrected chi connectivity index (χ1v) is 5.04. The van der Waals surface area contributed by atoms with E-state index in [-0.39, 0.29) is 12.4 Å². The van der Waals surface area contributed by atoms with Crippen LogP contribution in [0.4, 0.5) is 4.39 Å². The number of hydrogen-bond donors (Lipinski definition) is 1. The van der Waals surface area contributed by atoms with Crippen LogP contribution in [0.15, 0.2) is 24.3 Å². The Hall–Kier alpha value is -1.68. The van der Waals surface area contributed by atoms with Crippen LogP contribution in [0.25, 0.3) is 5.69 Å². The Morgan fingerprint density at radius 1 is 1.31 bits per heavy atom. The lowest BCUT2D eigenvalue weighted by Gasteiger charge is -2.09. The molecule has 0 aliphatic heterocycles. The molecule has 1 heterocycles. The van der Waals surface area contributed by atoms with Crippen LogP contribution in [0.3, 0.4) is 0 Å². The SMILES string of the molecule is Cc1cc(C)n(-c2ccc(F)cc2CO)n1. The number of aliphatic hydroxyl groups excluding tert-OH is 1. The van der Waals surface area contributed by atoms with Gasteiger partial charge in [-0.05, 0) is 38.1 Å². The summed E-state index contributed by atoms with van der Waals surface area (Å²) in [6.45, 7) is 3.61. The Morgan fingerprint density at radius 2 is 2.06 bits per heavy atom. The Bertz CT molecular complexity index is 520. The highest BCUT2D eigenvalue weighted by Crippen LogP contribution is 2.18. The van der Waals surface area contributed by atoms with Crippen molar-refractivity contribution in [3.8, 4) is 5.69 Å². The largest absolute Gasteiger partial charge is 0.392 e. The molecule has 1 aromatic carbocycles. The molecule has 0 bridgehead atoms. The van der Waals surface area contributed by atoms with Crippen molar-refractivity contribution >= 4 is 0 Å². The first kappa shape index (κ1) is 10.8. The number of benzene rings is 1. The molecule has 4 heteroatoms. The van der Waals surface area contributed by atoms with Gasteiger partial charge in [-0.25, -0.2) is 9.07 Å². The van der Waals surface area contributed by atoms with Crippen molar-refractivity contribution in [2.45, 2.75) is 20.5 Å². The van der Waals surface area contributed by atoms with E-state index in [1.54, 1.807) is 10.7 Å².